The summed E-state index contributed by atoms with van der Waals surface area (Å²) in [6, 6.07) is 12.5. The van der Waals surface area contributed by atoms with E-state index >= 15 is 0 Å². The number of carboxylic acids is 1. The number of rotatable bonds is 4. The SMILES string of the molecule is Cc1c(Cl)ccc2c(C(=O)O)cc(-c3cccc(OC(C)C)c3)nc12. The number of carbonyl (C=O) groups is 1. The van der Waals surface area contributed by atoms with Crippen LogP contribution in [0.1, 0.15) is 29.8 Å². The van der Waals surface area contributed by atoms with Crippen molar-refractivity contribution in [3.05, 3.63) is 58.6 Å². The molecule has 0 saturated carbocycles. The Balaban J connectivity index is 2.23. The van der Waals surface area contributed by atoms with E-state index in [4.69, 9.17) is 16.3 Å². The molecule has 3 rings (SSSR count). The lowest BCUT2D eigenvalue weighted by Crippen LogP contribution is -2.05. The fraction of sp³-hybridized carbons (Fsp3) is 0.200. The van der Waals surface area contributed by atoms with Crippen LogP contribution in [0.4, 0.5) is 0 Å². The standard InChI is InChI=1S/C20H18ClNO3/c1-11(2)25-14-6-4-5-13(9-14)18-10-16(20(23)24)15-7-8-17(21)12(3)19(15)22-18/h4-11H,1-3H3,(H,23,24). The average Bonchev–Trinajstić information content (AvgIpc) is 2.57. The molecule has 1 aromatic heterocycles. The Bertz CT molecular complexity index is 967. The van der Waals surface area contributed by atoms with Crippen molar-refractivity contribution in [2.45, 2.75) is 26.9 Å². The minimum atomic E-state index is -0.995. The molecular formula is C20H18ClNO3. The molecule has 0 aliphatic carbocycles. The Morgan fingerprint density at radius 1 is 1.20 bits per heavy atom. The predicted octanol–water partition coefficient (Wildman–Crippen LogP) is 5.35. The first-order valence-corrected chi connectivity index (χ1v) is 8.35. The zero-order chi connectivity index (χ0) is 18.1. The first kappa shape index (κ1) is 17.2. The highest BCUT2D eigenvalue weighted by Gasteiger charge is 2.16. The van der Waals surface area contributed by atoms with Gasteiger partial charge in [-0.2, -0.15) is 0 Å². The number of pyridine rings is 1. The number of fused-ring (bicyclic) bond motifs is 1. The smallest absolute Gasteiger partial charge is 0.336 e. The van der Waals surface area contributed by atoms with E-state index in [9.17, 15) is 9.90 Å². The van der Waals surface area contributed by atoms with E-state index in [1.54, 1.807) is 18.2 Å². The van der Waals surface area contributed by atoms with E-state index in [0.717, 1.165) is 11.1 Å². The Morgan fingerprint density at radius 3 is 2.64 bits per heavy atom. The van der Waals surface area contributed by atoms with Crippen molar-refractivity contribution >= 4 is 28.5 Å². The molecule has 0 bridgehead atoms. The molecule has 1 N–H and O–H groups in total. The molecule has 0 atom stereocenters. The van der Waals surface area contributed by atoms with Gasteiger partial charge in [0.05, 0.1) is 22.9 Å². The number of hydrogen-bond acceptors (Lipinski definition) is 3. The van der Waals surface area contributed by atoms with Gasteiger partial charge in [0, 0.05) is 16.0 Å². The second kappa shape index (κ2) is 6.73. The number of nitrogens with zero attached hydrogens (tertiary/aromatic N) is 1. The molecule has 25 heavy (non-hydrogen) atoms. The minimum absolute atomic E-state index is 0.0513. The largest absolute Gasteiger partial charge is 0.491 e. The van der Waals surface area contributed by atoms with Gasteiger partial charge in [0.2, 0.25) is 0 Å². The van der Waals surface area contributed by atoms with Gasteiger partial charge in [-0.15, -0.1) is 0 Å². The molecule has 2 aromatic carbocycles. The first-order chi connectivity index (χ1) is 11.9. The lowest BCUT2D eigenvalue weighted by atomic mass is 10.0. The van der Waals surface area contributed by atoms with Crippen LogP contribution < -0.4 is 4.74 Å². The van der Waals surface area contributed by atoms with Gasteiger partial charge >= 0.3 is 5.97 Å². The number of halogens is 1. The van der Waals surface area contributed by atoms with Crippen LogP contribution in [0.2, 0.25) is 5.02 Å². The monoisotopic (exact) mass is 355 g/mol. The molecule has 0 fully saturated rings. The van der Waals surface area contributed by atoms with Crippen molar-refractivity contribution < 1.29 is 14.6 Å². The lowest BCUT2D eigenvalue weighted by Gasteiger charge is -2.12. The van der Waals surface area contributed by atoms with Gasteiger partial charge in [-0.1, -0.05) is 29.8 Å². The third-order valence-corrected chi connectivity index (χ3v) is 4.31. The number of benzene rings is 2. The number of carboxylic acid groups (broad SMARTS) is 1. The highest BCUT2D eigenvalue weighted by Crippen LogP contribution is 2.31. The van der Waals surface area contributed by atoms with E-state index in [2.05, 4.69) is 4.98 Å². The van der Waals surface area contributed by atoms with Crippen LogP contribution in [0, 0.1) is 6.92 Å². The lowest BCUT2D eigenvalue weighted by molar-refractivity contribution is 0.0699. The maximum atomic E-state index is 11.7. The van der Waals surface area contributed by atoms with Gasteiger partial charge in [-0.3, -0.25) is 0 Å². The van der Waals surface area contributed by atoms with Gasteiger partial charge in [-0.05, 0) is 50.6 Å². The summed E-state index contributed by atoms with van der Waals surface area (Å²) in [6.45, 7) is 5.75. The third kappa shape index (κ3) is 3.44. The van der Waals surface area contributed by atoms with Crippen LogP contribution in [0.3, 0.4) is 0 Å². The second-order valence-electron chi connectivity index (χ2n) is 6.12. The second-order valence-corrected chi connectivity index (χ2v) is 6.53. The van der Waals surface area contributed by atoms with Crippen LogP contribution in [0.5, 0.6) is 5.75 Å². The van der Waals surface area contributed by atoms with Crippen molar-refractivity contribution in [1.29, 1.82) is 0 Å². The molecule has 1 heterocycles. The Kier molecular flexibility index (Phi) is 4.64. The summed E-state index contributed by atoms with van der Waals surface area (Å²) in [5.74, 6) is -0.279. The maximum Gasteiger partial charge on any atom is 0.336 e. The van der Waals surface area contributed by atoms with E-state index in [-0.39, 0.29) is 11.7 Å². The molecule has 0 radical (unpaired) electrons. The zero-order valence-corrected chi connectivity index (χ0v) is 15.0. The minimum Gasteiger partial charge on any atom is -0.491 e. The summed E-state index contributed by atoms with van der Waals surface area (Å²) >= 11 is 6.19. The number of ether oxygens (including phenoxy) is 1. The maximum absolute atomic E-state index is 11.7. The van der Waals surface area contributed by atoms with Crippen LogP contribution in [-0.2, 0) is 0 Å². The summed E-state index contributed by atoms with van der Waals surface area (Å²) < 4.78 is 5.72. The molecule has 5 heteroatoms. The van der Waals surface area contributed by atoms with Gasteiger partial charge < -0.3 is 9.84 Å². The molecule has 0 spiro atoms. The number of aromatic carboxylic acids is 1. The highest BCUT2D eigenvalue weighted by atomic mass is 35.5. The van der Waals surface area contributed by atoms with Gasteiger partial charge in [0.25, 0.3) is 0 Å². The fourth-order valence-corrected chi connectivity index (χ4v) is 2.88. The number of aryl methyl sites for hydroxylation is 1. The van der Waals surface area contributed by atoms with E-state index in [1.807, 2.05) is 45.0 Å². The molecule has 128 valence electrons. The topological polar surface area (TPSA) is 59.4 Å². The Labute approximate surface area is 151 Å². The third-order valence-electron chi connectivity index (χ3n) is 3.90. The van der Waals surface area contributed by atoms with Crippen molar-refractivity contribution in [3.8, 4) is 17.0 Å². The van der Waals surface area contributed by atoms with Crippen LogP contribution in [-0.4, -0.2) is 22.2 Å². The number of hydrogen-bond donors (Lipinski definition) is 1. The van der Waals surface area contributed by atoms with Crippen molar-refractivity contribution in [3.63, 3.8) is 0 Å². The van der Waals surface area contributed by atoms with Gasteiger partial charge in [0.15, 0.2) is 0 Å². The normalized spacial score (nSPS) is 11.1. The summed E-state index contributed by atoms with van der Waals surface area (Å²) in [4.78, 5) is 16.4. The van der Waals surface area contributed by atoms with Crippen molar-refractivity contribution in [2.75, 3.05) is 0 Å². The Hall–Kier alpha value is -2.59. The Morgan fingerprint density at radius 2 is 1.96 bits per heavy atom. The summed E-state index contributed by atoms with van der Waals surface area (Å²) in [6.07, 6.45) is 0.0513. The quantitative estimate of drug-likeness (QED) is 0.685. The average molecular weight is 356 g/mol. The van der Waals surface area contributed by atoms with Crippen molar-refractivity contribution in [2.24, 2.45) is 0 Å². The van der Waals surface area contributed by atoms with E-state index < -0.39 is 5.97 Å². The van der Waals surface area contributed by atoms with Crippen LogP contribution in [0.15, 0.2) is 42.5 Å². The predicted molar refractivity (Wildman–Crippen MR) is 99.6 cm³/mol. The highest BCUT2D eigenvalue weighted by molar-refractivity contribution is 6.32. The first-order valence-electron chi connectivity index (χ1n) is 7.97. The molecule has 0 unspecified atom stereocenters. The summed E-state index contributed by atoms with van der Waals surface area (Å²) in [7, 11) is 0. The van der Waals surface area contributed by atoms with E-state index in [0.29, 0.717) is 27.4 Å². The molecular weight excluding hydrogens is 338 g/mol. The molecule has 0 saturated heterocycles. The molecule has 3 aromatic rings. The zero-order valence-electron chi connectivity index (χ0n) is 14.2. The van der Waals surface area contributed by atoms with Crippen LogP contribution in [0.25, 0.3) is 22.2 Å². The fourth-order valence-electron chi connectivity index (χ4n) is 2.73. The van der Waals surface area contributed by atoms with Crippen LogP contribution >= 0.6 is 11.6 Å². The van der Waals surface area contributed by atoms with Gasteiger partial charge in [0.1, 0.15) is 5.75 Å². The van der Waals surface area contributed by atoms with Crippen molar-refractivity contribution in [1.82, 2.24) is 4.98 Å². The molecule has 4 nitrogen and oxygen atoms in total. The van der Waals surface area contributed by atoms with Gasteiger partial charge in [-0.25, -0.2) is 9.78 Å². The summed E-state index contributed by atoms with van der Waals surface area (Å²) in [5, 5.41) is 10.7. The molecule has 0 aliphatic rings. The number of aromatic nitrogens is 1. The summed E-state index contributed by atoms with van der Waals surface area (Å²) in [5.41, 5.74) is 2.93. The molecule has 0 aliphatic heterocycles. The van der Waals surface area contributed by atoms with E-state index in [1.165, 1.54) is 0 Å². The molecule has 0 amide bonds.